The first-order valence-corrected chi connectivity index (χ1v) is 10.0. The Kier molecular flexibility index (Phi) is 8.86. The molecule has 0 aliphatic carbocycles. The summed E-state index contributed by atoms with van der Waals surface area (Å²) in [5.41, 5.74) is 0. The number of hydrogen-bond donors (Lipinski definition) is 0. The molecule has 0 heterocycles. The van der Waals surface area contributed by atoms with E-state index in [1.807, 2.05) is 27.7 Å². The highest BCUT2D eigenvalue weighted by atomic mass is 31.1. The molecule has 0 aromatic heterocycles. The van der Waals surface area contributed by atoms with Crippen molar-refractivity contribution in [1.82, 2.24) is 0 Å². The van der Waals surface area contributed by atoms with Crippen molar-refractivity contribution in [3.8, 4) is 0 Å². The molecule has 118 valence electrons. The standard InChI is InChI=1S/C14H28O4P2/c1-5-9-13(10-6-2,19(15)16)14(11-7-3,12-8-4)20(17)18/h5-12H2,1-4H3. The third-order valence-corrected chi connectivity index (χ3v) is 7.54. The Labute approximate surface area is 123 Å². The molecule has 0 unspecified atom stereocenters. The fraction of sp³-hybridized carbons (Fsp3) is 1.00. The van der Waals surface area contributed by atoms with Crippen LogP contribution in [0.25, 0.3) is 0 Å². The summed E-state index contributed by atoms with van der Waals surface area (Å²) in [6, 6.07) is 0. The maximum atomic E-state index is 12.1. The molecule has 4 nitrogen and oxygen atoms in total. The molecule has 0 aromatic rings. The zero-order chi connectivity index (χ0) is 15.8. The van der Waals surface area contributed by atoms with Gasteiger partial charge in [-0.3, -0.25) is 0 Å². The first kappa shape index (κ1) is 19.8. The van der Waals surface area contributed by atoms with Crippen molar-refractivity contribution in [2.75, 3.05) is 0 Å². The molecule has 0 fully saturated rings. The summed E-state index contributed by atoms with van der Waals surface area (Å²) >= 11 is 0. The van der Waals surface area contributed by atoms with Crippen LogP contribution in [0, 0.1) is 0 Å². The quantitative estimate of drug-likeness (QED) is 0.437. The van der Waals surface area contributed by atoms with Crippen LogP contribution in [0.2, 0.25) is 0 Å². The van der Waals surface area contributed by atoms with Crippen molar-refractivity contribution >= 4 is 15.4 Å². The summed E-state index contributed by atoms with van der Waals surface area (Å²) in [5, 5.41) is -2.21. The lowest BCUT2D eigenvalue weighted by atomic mass is 9.77. The molecular weight excluding hydrogens is 294 g/mol. The highest BCUT2D eigenvalue weighted by Gasteiger charge is 2.57. The predicted molar refractivity (Wildman–Crippen MR) is 81.7 cm³/mol. The third-order valence-electron chi connectivity index (χ3n) is 4.22. The van der Waals surface area contributed by atoms with Gasteiger partial charge in [-0.25, -0.2) is 18.3 Å². The monoisotopic (exact) mass is 322 g/mol. The van der Waals surface area contributed by atoms with Gasteiger partial charge in [0.1, 0.15) is 0 Å². The molecular formula is C14H28O4P2. The van der Waals surface area contributed by atoms with Crippen molar-refractivity contribution in [3.05, 3.63) is 0 Å². The van der Waals surface area contributed by atoms with Gasteiger partial charge in [-0.15, -0.1) is 0 Å². The number of hydrogen-bond acceptors (Lipinski definition) is 4. The smallest absolute Gasteiger partial charge is 0.237 e. The normalized spacial score (nSPS) is 12.4. The average Bonchev–Trinajstić information content (AvgIpc) is 2.37. The summed E-state index contributed by atoms with van der Waals surface area (Å²) in [7, 11) is -5.57. The van der Waals surface area contributed by atoms with Crippen LogP contribution in [0.4, 0.5) is 0 Å². The van der Waals surface area contributed by atoms with Gasteiger partial charge in [-0.2, -0.15) is 0 Å². The number of rotatable bonds is 11. The molecule has 20 heavy (non-hydrogen) atoms. The fourth-order valence-corrected chi connectivity index (χ4v) is 6.78. The van der Waals surface area contributed by atoms with E-state index in [-0.39, 0.29) is 0 Å². The van der Waals surface area contributed by atoms with Crippen molar-refractivity contribution < 1.29 is 18.3 Å². The third kappa shape index (κ3) is 3.71. The SMILES string of the molecule is CCCC(CCC)(P(=O)=O)C(CCC)(CCC)P(=O)=O. The van der Waals surface area contributed by atoms with Gasteiger partial charge in [-0.05, 0) is 25.7 Å². The zero-order valence-electron chi connectivity index (χ0n) is 13.2. The maximum Gasteiger partial charge on any atom is 0.323 e. The van der Waals surface area contributed by atoms with Gasteiger partial charge >= 0.3 is 15.4 Å². The summed E-state index contributed by atoms with van der Waals surface area (Å²) in [6.07, 6.45) is 4.46. The van der Waals surface area contributed by atoms with E-state index in [1.165, 1.54) is 0 Å². The Balaban J connectivity index is 6.20. The van der Waals surface area contributed by atoms with Crippen molar-refractivity contribution in [3.63, 3.8) is 0 Å². The van der Waals surface area contributed by atoms with Gasteiger partial charge in [-0.1, -0.05) is 53.4 Å². The zero-order valence-corrected chi connectivity index (χ0v) is 15.0. The van der Waals surface area contributed by atoms with Crippen LogP contribution in [-0.4, -0.2) is 10.3 Å². The molecule has 0 rings (SSSR count). The molecule has 0 aromatic carbocycles. The van der Waals surface area contributed by atoms with Gasteiger partial charge in [0.25, 0.3) is 0 Å². The fourth-order valence-electron chi connectivity index (χ4n) is 3.54. The maximum absolute atomic E-state index is 12.1. The van der Waals surface area contributed by atoms with E-state index in [4.69, 9.17) is 0 Å². The van der Waals surface area contributed by atoms with E-state index in [0.29, 0.717) is 51.4 Å². The van der Waals surface area contributed by atoms with Gasteiger partial charge in [0.2, 0.25) is 0 Å². The van der Waals surface area contributed by atoms with Crippen LogP contribution in [0.1, 0.15) is 79.1 Å². The van der Waals surface area contributed by atoms with Crippen LogP contribution < -0.4 is 0 Å². The Morgan fingerprint density at radius 1 is 0.550 bits per heavy atom. The molecule has 0 aliphatic rings. The lowest BCUT2D eigenvalue weighted by Gasteiger charge is -2.41. The van der Waals surface area contributed by atoms with Crippen molar-refractivity contribution in [2.24, 2.45) is 0 Å². The predicted octanol–water partition coefficient (Wildman–Crippen LogP) is 6.01. The minimum absolute atomic E-state index is 0.433. The molecule has 0 N–H and O–H groups in total. The first-order valence-electron chi connectivity index (χ1n) is 7.67. The van der Waals surface area contributed by atoms with E-state index < -0.39 is 25.7 Å². The molecule has 0 radical (unpaired) electrons. The van der Waals surface area contributed by atoms with Crippen LogP contribution in [0.3, 0.4) is 0 Å². The molecule has 0 saturated heterocycles. The summed E-state index contributed by atoms with van der Waals surface area (Å²) in [6.45, 7) is 7.68. The minimum atomic E-state index is -2.79. The van der Waals surface area contributed by atoms with E-state index >= 15 is 0 Å². The second kappa shape index (κ2) is 8.95. The van der Waals surface area contributed by atoms with Gasteiger partial charge < -0.3 is 0 Å². The van der Waals surface area contributed by atoms with Crippen LogP contribution in [0.15, 0.2) is 0 Å². The molecule has 0 saturated carbocycles. The van der Waals surface area contributed by atoms with Gasteiger partial charge in [0.05, 0.1) is 10.3 Å². The largest absolute Gasteiger partial charge is 0.323 e. The van der Waals surface area contributed by atoms with Crippen LogP contribution >= 0.6 is 15.4 Å². The van der Waals surface area contributed by atoms with E-state index in [0.717, 1.165) is 0 Å². The minimum Gasteiger partial charge on any atom is -0.237 e. The molecule has 0 amide bonds. The van der Waals surface area contributed by atoms with Crippen molar-refractivity contribution in [1.29, 1.82) is 0 Å². The van der Waals surface area contributed by atoms with E-state index in [2.05, 4.69) is 0 Å². The van der Waals surface area contributed by atoms with Gasteiger partial charge in [0, 0.05) is 0 Å². The van der Waals surface area contributed by atoms with Crippen molar-refractivity contribution in [2.45, 2.75) is 89.4 Å². The molecule has 6 heteroatoms. The summed E-state index contributed by atoms with van der Waals surface area (Å²) in [4.78, 5) is 0. The highest BCUT2D eigenvalue weighted by Crippen LogP contribution is 2.58. The highest BCUT2D eigenvalue weighted by molar-refractivity contribution is 7.38. The summed E-state index contributed by atoms with van der Waals surface area (Å²) in [5.74, 6) is 0. The van der Waals surface area contributed by atoms with E-state index in [9.17, 15) is 18.3 Å². The average molecular weight is 322 g/mol. The second-order valence-corrected chi connectivity index (χ2v) is 8.32. The molecule has 0 bridgehead atoms. The molecule has 0 atom stereocenters. The lowest BCUT2D eigenvalue weighted by Crippen LogP contribution is -2.47. The summed E-state index contributed by atoms with van der Waals surface area (Å²) < 4.78 is 48.3. The first-order chi connectivity index (χ1) is 9.38. The molecule has 0 spiro atoms. The van der Waals surface area contributed by atoms with E-state index in [1.54, 1.807) is 0 Å². The topological polar surface area (TPSA) is 68.3 Å². The van der Waals surface area contributed by atoms with Crippen LogP contribution in [-0.2, 0) is 18.3 Å². The molecule has 0 aliphatic heterocycles. The Hall–Kier alpha value is -0.200. The van der Waals surface area contributed by atoms with Gasteiger partial charge in [0.15, 0.2) is 0 Å². The second-order valence-electron chi connectivity index (χ2n) is 5.58. The Morgan fingerprint density at radius 3 is 0.850 bits per heavy atom. The Morgan fingerprint density at radius 2 is 0.750 bits per heavy atom. The lowest BCUT2D eigenvalue weighted by molar-refractivity contribution is 0.284. The Bertz CT molecular complexity index is 357. The van der Waals surface area contributed by atoms with Crippen LogP contribution in [0.5, 0.6) is 0 Å².